The molecule has 0 fully saturated rings. The van der Waals surface area contributed by atoms with E-state index in [-0.39, 0.29) is 0 Å². The first-order chi connectivity index (χ1) is 8.15. The van der Waals surface area contributed by atoms with Crippen molar-refractivity contribution < 1.29 is 0 Å². The molecule has 0 aliphatic heterocycles. The Morgan fingerprint density at radius 3 is 2.59 bits per heavy atom. The van der Waals surface area contributed by atoms with Crippen molar-refractivity contribution in [1.29, 1.82) is 0 Å². The standard InChI is InChI=1S/C11H21N5S/c1-12-9-8-10(15-11(14-9)17-4)13-6-5-7-16(2)3/h8H,5-7H2,1-4H3,(H2,12,13,14,15). The summed E-state index contributed by atoms with van der Waals surface area (Å²) in [5, 5.41) is 7.14. The van der Waals surface area contributed by atoms with E-state index in [1.807, 2.05) is 19.4 Å². The average molecular weight is 255 g/mol. The summed E-state index contributed by atoms with van der Waals surface area (Å²) in [5.74, 6) is 1.73. The lowest BCUT2D eigenvalue weighted by atomic mass is 10.4. The van der Waals surface area contributed by atoms with E-state index in [0.29, 0.717) is 0 Å². The van der Waals surface area contributed by atoms with Gasteiger partial charge in [-0.2, -0.15) is 0 Å². The van der Waals surface area contributed by atoms with Gasteiger partial charge in [0.15, 0.2) is 5.16 Å². The van der Waals surface area contributed by atoms with E-state index in [1.54, 1.807) is 11.8 Å². The largest absolute Gasteiger partial charge is 0.373 e. The van der Waals surface area contributed by atoms with E-state index in [0.717, 1.165) is 36.3 Å². The molecule has 2 N–H and O–H groups in total. The fourth-order valence-corrected chi connectivity index (χ4v) is 1.73. The maximum absolute atomic E-state index is 4.40. The van der Waals surface area contributed by atoms with Gasteiger partial charge in [-0.25, -0.2) is 9.97 Å². The second-order valence-corrected chi connectivity index (χ2v) is 4.73. The maximum atomic E-state index is 4.40. The van der Waals surface area contributed by atoms with Gasteiger partial charge in [-0.05, 0) is 33.3 Å². The molecular weight excluding hydrogens is 234 g/mol. The first kappa shape index (κ1) is 14.1. The Hall–Kier alpha value is -1.01. The van der Waals surface area contributed by atoms with E-state index in [2.05, 4.69) is 39.6 Å². The van der Waals surface area contributed by atoms with E-state index in [4.69, 9.17) is 0 Å². The normalized spacial score (nSPS) is 10.6. The number of aromatic nitrogens is 2. The van der Waals surface area contributed by atoms with Gasteiger partial charge in [-0.3, -0.25) is 0 Å². The molecule has 0 saturated carbocycles. The van der Waals surface area contributed by atoms with Gasteiger partial charge in [0, 0.05) is 19.7 Å². The molecule has 96 valence electrons. The molecule has 0 amide bonds. The van der Waals surface area contributed by atoms with Crippen LogP contribution in [0.25, 0.3) is 0 Å². The number of nitrogens with zero attached hydrogens (tertiary/aromatic N) is 3. The minimum Gasteiger partial charge on any atom is -0.373 e. The van der Waals surface area contributed by atoms with Crippen LogP contribution < -0.4 is 10.6 Å². The molecule has 1 heterocycles. The molecule has 0 saturated heterocycles. The van der Waals surface area contributed by atoms with E-state index < -0.39 is 0 Å². The summed E-state index contributed by atoms with van der Waals surface area (Å²) in [5.41, 5.74) is 0. The SMILES string of the molecule is CNc1cc(NCCCN(C)C)nc(SC)n1. The van der Waals surface area contributed by atoms with Gasteiger partial charge in [0.25, 0.3) is 0 Å². The van der Waals surface area contributed by atoms with Gasteiger partial charge in [-0.1, -0.05) is 11.8 Å². The van der Waals surface area contributed by atoms with Crippen molar-refractivity contribution in [2.75, 3.05) is 51.1 Å². The quantitative estimate of drug-likeness (QED) is 0.438. The third-order valence-corrected chi connectivity index (χ3v) is 2.78. The maximum Gasteiger partial charge on any atom is 0.191 e. The minimum absolute atomic E-state index is 0.784. The van der Waals surface area contributed by atoms with Crippen LogP contribution in [0, 0.1) is 0 Å². The highest BCUT2D eigenvalue weighted by molar-refractivity contribution is 7.98. The highest BCUT2D eigenvalue weighted by Crippen LogP contribution is 2.16. The Balaban J connectivity index is 2.51. The van der Waals surface area contributed by atoms with Gasteiger partial charge in [0.05, 0.1) is 0 Å². The fourth-order valence-electron chi connectivity index (χ4n) is 1.35. The van der Waals surface area contributed by atoms with Gasteiger partial charge >= 0.3 is 0 Å². The topological polar surface area (TPSA) is 53.1 Å². The number of hydrogen-bond acceptors (Lipinski definition) is 6. The Morgan fingerprint density at radius 1 is 1.29 bits per heavy atom. The molecule has 0 aromatic carbocycles. The van der Waals surface area contributed by atoms with Crippen molar-refractivity contribution in [2.45, 2.75) is 11.6 Å². The Bertz CT molecular complexity index is 320. The molecule has 0 aliphatic rings. The predicted octanol–water partition coefficient (Wildman–Crippen LogP) is 1.60. The minimum atomic E-state index is 0.784. The zero-order valence-corrected chi connectivity index (χ0v) is 11.8. The molecule has 17 heavy (non-hydrogen) atoms. The van der Waals surface area contributed by atoms with Crippen molar-refractivity contribution >= 4 is 23.4 Å². The van der Waals surface area contributed by atoms with E-state index in [1.165, 1.54) is 0 Å². The number of anilines is 2. The van der Waals surface area contributed by atoms with Crippen LogP contribution >= 0.6 is 11.8 Å². The molecular formula is C11H21N5S. The van der Waals surface area contributed by atoms with Gasteiger partial charge in [0.1, 0.15) is 11.6 Å². The van der Waals surface area contributed by atoms with Crippen LogP contribution in [-0.4, -0.2) is 55.4 Å². The second kappa shape index (κ2) is 7.34. The van der Waals surface area contributed by atoms with Crippen molar-refractivity contribution in [3.8, 4) is 0 Å². The molecule has 0 atom stereocenters. The van der Waals surface area contributed by atoms with Crippen molar-refractivity contribution in [3.63, 3.8) is 0 Å². The third-order valence-electron chi connectivity index (χ3n) is 2.23. The lowest BCUT2D eigenvalue weighted by molar-refractivity contribution is 0.405. The average Bonchev–Trinajstić information content (AvgIpc) is 2.34. The molecule has 0 aliphatic carbocycles. The summed E-state index contributed by atoms with van der Waals surface area (Å²) in [6, 6.07) is 1.93. The summed E-state index contributed by atoms with van der Waals surface area (Å²) in [7, 11) is 6.02. The molecule has 0 bridgehead atoms. The summed E-state index contributed by atoms with van der Waals surface area (Å²) in [6.45, 7) is 2.00. The van der Waals surface area contributed by atoms with Crippen LogP contribution in [0.2, 0.25) is 0 Å². The van der Waals surface area contributed by atoms with Crippen LogP contribution in [0.1, 0.15) is 6.42 Å². The highest BCUT2D eigenvalue weighted by atomic mass is 32.2. The monoisotopic (exact) mass is 255 g/mol. The van der Waals surface area contributed by atoms with Crippen LogP contribution in [0.4, 0.5) is 11.6 Å². The highest BCUT2D eigenvalue weighted by Gasteiger charge is 2.02. The molecule has 0 unspecified atom stereocenters. The fraction of sp³-hybridized carbons (Fsp3) is 0.636. The lowest BCUT2D eigenvalue weighted by Gasteiger charge is -2.11. The Morgan fingerprint density at radius 2 is 2.00 bits per heavy atom. The zero-order chi connectivity index (χ0) is 12.7. The van der Waals surface area contributed by atoms with Gasteiger partial charge < -0.3 is 15.5 Å². The lowest BCUT2D eigenvalue weighted by Crippen LogP contribution is -2.16. The molecule has 0 radical (unpaired) electrons. The number of rotatable bonds is 7. The van der Waals surface area contributed by atoms with E-state index in [9.17, 15) is 0 Å². The first-order valence-electron chi connectivity index (χ1n) is 5.65. The van der Waals surface area contributed by atoms with Gasteiger partial charge in [0.2, 0.25) is 0 Å². The number of thioether (sulfide) groups is 1. The van der Waals surface area contributed by atoms with Crippen LogP contribution in [-0.2, 0) is 0 Å². The van der Waals surface area contributed by atoms with Crippen LogP contribution in [0.5, 0.6) is 0 Å². The molecule has 1 rings (SSSR count). The molecule has 5 nitrogen and oxygen atoms in total. The number of hydrogen-bond donors (Lipinski definition) is 2. The van der Waals surface area contributed by atoms with Crippen molar-refractivity contribution in [1.82, 2.24) is 14.9 Å². The first-order valence-corrected chi connectivity index (χ1v) is 6.87. The second-order valence-electron chi connectivity index (χ2n) is 3.96. The molecule has 0 spiro atoms. The van der Waals surface area contributed by atoms with Crippen molar-refractivity contribution in [3.05, 3.63) is 6.07 Å². The summed E-state index contributed by atoms with van der Waals surface area (Å²) in [6.07, 6.45) is 3.07. The Kier molecular flexibility index (Phi) is 6.07. The third kappa shape index (κ3) is 5.23. The van der Waals surface area contributed by atoms with Crippen LogP contribution in [0.3, 0.4) is 0 Å². The predicted molar refractivity (Wildman–Crippen MR) is 75.0 cm³/mol. The summed E-state index contributed by atoms with van der Waals surface area (Å²) >= 11 is 1.55. The Labute approximate surface area is 107 Å². The number of nitrogens with one attached hydrogen (secondary N) is 2. The van der Waals surface area contributed by atoms with Crippen molar-refractivity contribution in [2.24, 2.45) is 0 Å². The smallest absolute Gasteiger partial charge is 0.191 e. The summed E-state index contributed by atoms with van der Waals surface area (Å²) < 4.78 is 0. The molecule has 6 heteroatoms. The summed E-state index contributed by atoms with van der Waals surface area (Å²) in [4.78, 5) is 10.9. The molecule has 1 aromatic rings. The van der Waals surface area contributed by atoms with Crippen LogP contribution in [0.15, 0.2) is 11.2 Å². The zero-order valence-electron chi connectivity index (χ0n) is 10.9. The van der Waals surface area contributed by atoms with Gasteiger partial charge in [-0.15, -0.1) is 0 Å². The molecule has 1 aromatic heterocycles. The van der Waals surface area contributed by atoms with E-state index >= 15 is 0 Å².